The van der Waals surface area contributed by atoms with Gasteiger partial charge >= 0.3 is 0 Å². The molecule has 0 radical (unpaired) electrons. The van der Waals surface area contributed by atoms with Gasteiger partial charge in [0.05, 0.1) is 28.8 Å². The van der Waals surface area contributed by atoms with Gasteiger partial charge in [-0.1, -0.05) is 11.6 Å². The zero-order valence-corrected chi connectivity index (χ0v) is 11.6. The van der Waals surface area contributed by atoms with Crippen LogP contribution in [-0.2, 0) is 9.47 Å². The van der Waals surface area contributed by atoms with Crippen molar-refractivity contribution in [2.24, 2.45) is 0 Å². The van der Waals surface area contributed by atoms with Gasteiger partial charge in [0, 0.05) is 38.2 Å². The number of ether oxygens (including phenoxy) is 2. The summed E-state index contributed by atoms with van der Waals surface area (Å²) in [5.74, 6) is 0. The summed E-state index contributed by atoms with van der Waals surface area (Å²) in [6.07, 6.45) is 0.869. The molecule has 0 aliphatic carbocycles. The first-order chi connectivity index (χ1) is 9.60. The van der Waals surface area contributed by atoms with E-state index in [9.17, 15) is 10.1 Å². The van der Waals surface area contributed by atoms with E-state index in [1.54, 1.807) is 6.07 Å². The minimum absolute atomic E-state index is 0.00548. The highest BCUT2D eigenvalue weighted by Gasteiger charge is 2.40. The Labute approximate surface area is 121 Å². The fourth-order valence-electron chi connectivity index (χ4n) is 2.74. The van der Waals surface area contributed by atoms with E-state index in [2.05, 4.69) is 4.90 Å². The van der Waals surface area contributed by atoms with Gasteiger partial charge < -0.3 is 14.4 Å². The van der Waals surface area contributed by atoms with Crippen LogP contribution in [0.15, 0.2) is 18.2 Å². The number of halogens is 1. The van der Waals surface area contributed by atoms with E-state index in [0.717, 1.165) is 18.7 Å². The summed E-state index contributed by atoms with van der Waals surface area (Å²) >= 11 is 6.18. The molecule has 108 valence electrons. The maximum absolute atomic E-state index is 10.7. The average molecular weight is 299 g/mol. The number of benzene rings is 1. The topological polar surface area (TPSA) is 64.8 Å². The number of rotatable bonds is 2. The van der Waals surface area contributed by atoms with Crippen LogP contribution < -0.4 is 4.90 Å². The number of anilines is 1. The lowest BCUT2D eigenvalue weighted by Crippen LogP contribution is -2.52. The van der Waals surface area contributed by atoms with E-state index >= 15 is 0 Å². The molecule has 20 heavy (non-hydrogen) atoms. The Morgan fingerprint density at radius 1 is 1.40 bits per heavy atom. The third kappa shape index (κ3) is 2.46. The van der Waals surface area contributed by atoms with Crippen molar-refractivity contribution in [3.05, 3.63) is 33.3 Å². The molecule has 2 fully saturated rings. The van der Waals surface area contributed by atoms with Crippen LogP contribution in [0.1, 0.15) is 6.42 Å². The maximum atomic E-state index is 10.7. The van der Waals surface area contributed by atoms with Gasteiger partial charge in [0.1, 0.15) is 5.60 Å². The van der Waals surface area contributed by atoms with Gasteiger partial charge in [0.15, 0.2) is 0 Å². The minimum atomic E-state index is -0.443. The Morgan fingerprint density at radius 3 is 2.90 bits per heavy atom. The SMILES string of the molecule is O=[N+]([O-])c1ccc(N2CCOC3(CCOC3)C2)c(Cl)c1. The van der Waals surface area contributed by atoms with E-state index < -0.39 is 4.92 Å². The molecule has 2 aliphatic heterocycles. The second kappa shape index (κ2) is 5.20. The Bertz CT molecular complexity index is 531. The van der Waals surface area contributed by atoms with Crippen LogP contribution in [0, 0.1) is 10.1 Å². The summed E-state index contributed by atoms with van der Waals surface area (Å²) in [6, 6.07) is 4.58. The van der Waals surface area contributed by atoms with Crippen molar-refractivity contribution in [1.82, 2.24) is 0 Å². The number of hydrogen-bond donors (Lipinski definition) is 0. The highest BCUT2D eigenvalue weighted by molar-refractivity contribution is 6.33. The second-order valence-electron chi connectivity index (χ2n) is 5.15. The quantitative estimate of drug-likeness (QED) is 0.619. The van der Waals surface area contributed by atoms with Crippen LogP contribution in [0.5, 0.6) is 0 Å². The fourth-order valence-corrected chi connectivity index (χ4v) is 3.04. The van der Waals surface area contributed by atoms with E-state index in [1.807, 2.05) is 0 Å². The van der Waals surface area contributed by atoms with Crippen LogP contribution in [0.3, 0.4) is 0 Å². The highest BCUT2D eigenvalue weighted by atomic mass is 35.5. The lowest BCUT2D eigenvalue weighted by atomic mass is 10.0. The summed E-state index contributed by atoms with van der Waals surface area (Å²) in [7, 11) is 0. The van der Waals surface area contributed by atoms with Crippen LogP contribution >= 0.6 is 11.6 Å². The average Bonchev–Trinajstić information content (AvgIpc) is 2.86. The number of hydrogen-bond acceptors (Lipinski definition) is 5. The highest BCUT2D eigenvalue weighted by Crippen LogP contribution is 2.34. The fraction of sp³-hybridized carbons (Fsp3) is 0.538. The van der Waals surface area contributed by atoms with Gasteiger partial charge in [-0.05, 0) is 6.07 Å². The molecular weight excluding hydrogens is 284 g/mol. The summed E-state index contributed by atoms with van der Waals surface area (Å²) in [6.45, 7) is 3.33. The van der Waals surface area contributed by atoms with Gasteiger partial charge in [-0.2, -0.15) is 0 Å². The third-order valence-corrected chi connectivity index (χ3v) is 4.10. The Balaban J connectivity index is 1.83. The molecule has 1 spiro atoms. The van der Waals surface area contributed by atoms with Crippen molar-refractivity contribution in [2.75, 3.05) is 37.8 Å². The van der Waals surface area contributed by atoms with Gasteiger partial charge in [0.2, 0.25) is 0 Å². The predicted molar refractivity (Wildman–Crippen MR) is 74.4 cm³/mol. The monoisotopic (exact) mass is 298 g/mol. The molecule has 2 heterocycles. The Morgan fingerprint density at radius 2 is 2.25 bits per heavy atom. The third-order valence-electron chi connectivity index (χ3n) is 3.80. The molecule has 6 nitrogen and oxygen atoms in total. The van der Waals surface area contributed by atoms with Crippen molar-refractivity contribution >= 4 is 23.0 Å². The van der Waals surface area contributed by atoms with Gasteiger partial charge in [-0.25, -0.2) is 0 Å². The molecule has 0 amide bonds. The number of nitro groups is 1. The van der Waals surface area contributed by atoms with Crippen molar-refractivity contribution in [3.8, 4) is 0 Å². The Kier molecular flexibility index (Phi) is 3.54. The Hall–Kier alpha value is -1.37. The van der Waals surface area contributed by atoms with Crippen LogP contribution in [0.4, 0.5) is 11.4 Å². The zero-order valence-electron chi connectivity index (χ0n) is 10.9. The molecule has 0 N–H and O–H groups in total. The van der Waals surface area contributed by atoms with Crippen LogP contribution in [0.2, 0.25) is 5.02 Å². The number of morpholine rings is 1. The minimum Gasteiger partial charge on any atom is -0.378 e. The van der Waals surface area contributed by atoms with E-state index in [1.165, 1.54) is 12.1 Å². The summed E-state index contributed by atoms with van der Waals surface area (Å²) in [5, 5.41) is 11.1. The molecule has 7 heteroatoms. The van der Waals surface area contributed by atoms with E-state index in [0.29, 0.717) is 31.4 Å². The number of nitrogens with zero attached hydrogens (tertiary/aromatic N) is 2. The van der Waals surface area contributed by atoms with Crippen molar-refractivity contribution in [2.45, 2.75) is 12.0 Å². The smallest absolute Gasteiger partial charge is 0.271 e. The van der Waals surface area contributed by atoms with E-state index in [4.69, 9.17) is 21.1 Å². The molecule has 1 atom stereocenters. The lowest BCUT2D eigenvalue weighted by molar-refractivity contribution is -0.384. The molecule has 1 aromatic carbocycles. The van der Waals surface area contributed by atoms with Gasteiger partial charge in [-0.15, -0.1) is 0 Å². The standard InChI is InChI=1S/C13H15ClN2O4/c14-11-7-10(16(17)18)1-2-12(11)15-4-6-20-13(8-15)3-5-19-9-13/h1-2,7H,3-6,8-9H2. The number of non-ortho nitro benzene ring substituents is 1. The summed E-state index contributed by atoms with van der Waals surface area (Å²) < 4.78 is 11.3. The van der Waals surface area contributed by atoms with Crippen molar-refractivity contribution < 1.29 is 14.4 Å². The second-order valence-corrected chi connectivity index (χ2v) is 5.56. The molecule has 1 unspecified atom stereocenters. The first-order valence-corrected chi connectivity index (χ1v) is 6.88. The van der Waals surface area contributed by atoms with Gasteiger partial charge in [0.25, 0.3) is 5.69 Å². The molecular formula is C13H15ClN2O4. The van der Waals surface area contributed by atoms with Crippen LogP contribution in [-0.4, -0.2) is 43.4 Å². The zero-order chi connectivity index (χ0) is 14.2. The largest absolute Gasteiger partial charge is 0.378 e. The summed E-state index contributed by atoms with van der Waals surface area (Å²) in [4.78, 5) is 12.4. The summed E-state index contributed by atoms with van der Waals surface area (Å²) in [5.41, 5.74) is 0.557. The van der Waals surface area contributed by atoms with Crippen molar-refractivity contribution in [3.63, 3.8) is 0 Å². The first kappa shape index (κ1) is 13.6. The molecule has 2 saturated heterocycles. The number of nitro benzene ring substituents is 1. The van der Waals surface area contributed by atoms with Crippen molar-refractivity contribution in [1.29, 1.82) is 0 Å². The van der Waals surface area contributed by atoms with E-state index in [-0.39, 0.29) is 11.3 Å². The molecule has 3 rings (SSSR count). The first-order valence-electron chi connectivity index (χ1n) is 6.50. The predicted octanol–water partition coefficient (Wildman–Crippen LogP) is 2.24. The normalized spacial score (nSPS) is 26.1. The molecule has 0 saturated carbocycles. The lowest BCUT2D eigenvalue weighted by Gasteiger charge is -2.40. The molecule has 2 aliphatic rings. The molecule has 0 aromatic heterocycles. The molecule has 0 bridgehead atoms. The van der Waals surface area contributed by atoms with Crippen LogP contribution in [0.25, 0.3) is 0 Å². The maximum Gasteiger partial charge on any atom is 0.271 e. The van der Waals surface area contributed by atoms with Gasteiger partial charge in [-0.3, -0.25) is 10.1 Å². The molecule has 1 aromatic rings.